The largest absolute Gasteiger partial charge is 0.357 e. The summed E-state index contributed by atoms with van der Waals surface area (Å²) in [6.45, 7) is 0.983. The Morgan fingerprint density at radius 3 is 2.76 bits per heavy atom. The van der Waals surface area contributed by atoms with Crippen LogP contribution in [0.2, 0.25) is 0 Å². The Labute approximate surface area is 114 Å². The lowest BCUT2D eigenvalue weighted by molar-refractivity contribution is 0.907. The summed E-state index contributed by atoms with van der Waals surface area (Å²) in [6, 6.07) is 17.1. The van der Waals surface area contributed by atoms with Gasteiger partial charge in [0.1, 0.15) is 0 Å². The van der Waals surface area contributed by atoms with Crippen molar-refractivity contribution in [2.45, 2.75) is 11.4 Å². The van der Waals surface area contributed by atoms with Crippen LogP contribution in [0.1, 0.15) is 5.56 Å². The van der Waals surface area contributed by atoms with E-state index in [-0.39, 0.29) is 0 Å². The van der Waals surface area contributed by atoms with Crippen molar-refractivity contribution in [1.82, 2.24) is 0 Å². The molecule has 0 aliphatic carbocycles. The molecule has 0 saturated carbocycles. The van der Waals surface area contributed by atoms with Crippen molar-refractivity contribution in [3.8, 4) is 0 Å². The van der Waals surface area contributed by atoms with Crippen molar-refractivity contribution in [3.63, 3.8) is 0 Å². The van der Waals surface area contributed by atoms with Crippen molar-refractivity contribution in [1.29, 1.82) is 0 Å². The van der Waals surface area contributed by atoms with Crippen molar-refractivity contribution in [2.75, 3.05) is 10.8 Å². The number of hydrogen-bond donors (Lipinski definition) is 0. The molecule has 1 aliphatic rings. The number of thioether (sulfide) groups is 1. The minimum Gasteiger partial charge on any atom is -0.357 e. The molecule has 0 spiro atoms. The highest BCUT2D eigenvalue weighted by atomic mass is 79.9. The standard InChI is InChI=1S/C14H12BrNS/c15-12-6-7-14-13(8-12)16(10-17-14)9-11-4-2-1-3-5-11/h1-8H,9-10H2. The normalized spacial score (nSPS) is 13.8. The number of halogens is 1. The molecule has 2 aromatic carbocycles. The van der Waals surface area contributed by atoms with E-state index in [4.69, 9.17) is 0 Å². The molecule has 1 nitrogen and oxygen atoms in total. The van der Waals surface area contributed by atoms with Crippen molar-refractivity contribution in [3.05, 3.63) is 58.6 Å². The van der Waals surface area contributed by atoms with Crippen molar-refractivity contribution < 1.29 is 0 Å². The average Bonchev–Trinajstić information content (AvgIpc) is 2.73. The van der Waals surface area contributed by atoms with Gasteiger partial charge in [-0.25, -0.2) is 0 Å². The van der Waals surface area contributed by atoms with E-state index in [1.807, 2.05) is 11.8 Å². The molecule has 1 heterocycles. The molecule has 2 aromatic rings. The third-order valence-electron chi connectivity index (χ3n) is 2.85. The van der Waals surface area contributed by atoms with Crippen LogP contribution in [0.15, 0.2) is 57.9 Å². The Kier molecular flexibility index (Phi) is 3.12. The minimum absolute atomic E-state index is 0.983. The molecular formula is C14H12BrNS. The van der Waals surface area contributed by atoms with Crippen molar-refractivity contribution >= 4 is 33.4 Å². The van der Waals surface area contributed by atoms with Crippen LogP contribution in [0.3, 0.4) is 0 Å². The molecule has 3 rings (SSSR count). The lowest BCUT2D eigenvalue weighted by Gasteiger charge is -2.18. The summed E-state index contributed by atoms with van der Waals surface area (Å²) >= 11 is 5.45. The summed E-state index contributed by atoms with van der Waals surface area (Å²) in [6.07, 6.45) is 0. The Morgan fingerprint density at radius 1 is 1.12 bits per heavy atom. The van der Waals surface area contributed by atoms with Crippen LogP contribution in [0.25, 0.3) is 0 Å². The maximum Gasteiger partial charge on any atom is 0.0690 e. The first-order valence-electron chi connectivity index (χ1n) is 5.54. The van der Waals surface area contributed by atoms with E-state index in [2.05, 4.69) is 69.4 Å². The maximum atomic E-state index is 3.54. The topological polar surface area (TPSA) is 3.24 Å². The summed E-state index contributed by atoms with van der Waals surface area (Å²) in [7, 11) is 0. The molecule has 0 atom stereocenters. The van der Waals surface area contributed by atoms with Crippen LogP contribution in [0.5, 0.6) is 0 Å². The van der Waals surface area contributed by atoms with Gasteiger partial charge in [0.15, 0.2) is 0 Å². The van der Waals surface area contributed by atoms with Crippen LogP contribution in [-0.2, 0) is 6.54 Å². The van der Waals surface area contributed by atoms with Gasteiger partial charge >= 0.3 is 0 Å². The van der Waals surface area contributed by atoms with E-state index < -0.39 is 0 Å². The summed E-state index contributed by atoms with van der Waals surface area (Å²) in [5, 5.41) is 0. The van der Waals surface area contributed by atoms with E-state index in [1.54, 1.807) is 0 Å². The number of rotatable bonds is 2. The van der Waals surface area contributed by atoms with E-state index in [0.717, 1.165) is 16.9 Å². The Balaban J connectivity index is 1.86. The molecule has 0 unspecified atom stereocenters. The highest BCUT2D eigenvalue weighted by Crippen LogP contribution is 2.40. The summed E-state index contributed by atoms with van der Waals surface area (Å²) < 4.78 is 1.15. The van der Waals surface area contributed by atoms with Gasteiger partial charge in [-0.3, -0.25) is 0 Å². The number of hydrogen-bond acceptors (Lipinski definition) is 2. The number of anilines is 1. The first-order chi connectivity index (χ1) is 8.33. The molecule has 0 amide bonds. The van der Waals surface area contributed by atoms with E-state index >= 15 is 0 Å². The average molecular weight is 306 g/mol. The zero-order valence-corrected chi connectivity index (χ0v) is 11.7. The van der Waals surface area contributed by atoms with Gasteiger partial charge < -0.3 is 4.90 Å². The molecule has 17 heavy (non-hydrogen) atoms. The zero-order chi connectivity index (χ0) is 11.7. The van der Waals surface area contributed by atoms with Gasteiger partial charge in [0, 0.05) is 15.9 Å². The highest BCUT2D eigenvalue weighted by molar-refractivity contribution is 9.10. The first-order valence-corrected chi connectivity index (χ1v) is 7.32. The molecule has 86 valence electrons. The van der Waals surface area contributed by atoms with E-state index in [1.165, 1.54) is 16.1 Å². The van der Waals surface area contributed by atoms with Gasteiger partial charge in [0.2, 0.25) is 0 Å². The fourth-order valence-electron chi connectivity index (χ4n) is 2.01. The summed E-state index contributed by atoms with van der Waals surface area (Å²) in [5.41, 5.74) is 2.70. The highest BCUT2D eigenvalue weighted by Gasteiger charge is 2.19. The number of nitrogens with zero attached hydrogens (tertiary/aromatic N) is 1. The number of fused-ring (bicyclic) bond motifs is 1. The minimum atomic E-state index is 0.983. The lowest BCUT2D eigenvalue weighted by Crippen LogP contribution is -2.18. The molecule has 0 fully saturated rings. The van der Waals surface area contributed by atoms with Gasteiger partial charge in [-0.05, 0) is 23.8 Å². The van der Waals surface area contributed by atoms with Crippen LogP contribution >= 0.6 is 27.7 Å². The van der Waals surface area contributed by atoms with Crippen LogP contribution in [0, 0.1) is 0 Å². The predicted octanol–water partition coefficient (Wildman–Crippen LogP) is 4.52. The predicted molar refractivity (Wildman–Crippen MR) is 77.5 cm³/mol. The maximum absolute atomic E-state index is 3.54. The van der Waals surface area contributed by atoms with E-state index in [0.29, 0.717) is 0 Å². The third-order valence-corrected chi connectivity index (χ3v) is 4.44. The Morgan fingerprint density at radius 2 is 1.94 bits per heavy atom. The molecule has 0 saturated heterocycles. The number of benzene rings is 2. The SMILES string of the molecule is Brc1ccc2c(c1)N(Cc1ccccc1)CS2. The molecule has 0 aromatic heterocycles. The Hall–Kier alpha value is -0.930. The van der Waals surface area contributed by atoms with Crippen LogP contribution in [-0.4, -0.2) is 5.88 Å². The second-order valence-electron chi connectivity index (χ2n) is 4.07. The zero-order valence-electron chi connectivity index (χ0n) is 9.27. The fraction of sp³-hybridized carbons (Fsp3) is 0.143. The second kappa shape index (κ2) is 4.75. The van der Waals surface area contributed by atoms with Gasteiger partial charge in [-0.15, -0.1) is 11.8 Å². The lowest BCUT2D eigenvalue weighted by atomic mass is 10.2. The third kappa shape index (κ3) is 2.35. The monoisotopic (exact) mass is 305 g/mol. The van der Waals surface area contributed by atoms with Gasteiger partial charge in [-0.2, -0.15) is 0 Å². The van der Waals surface area contributed by atoms with Gasteiger partial charge in [0.25, 0.3) is 0 Å². The summed E-state index contributed by atoms with van der Waals surface area (Å²) in [4.78, 5) is 3.80. The fourth-order valence-corrected chi connectivity index (χ4v) is 3.39. The molecule has 0 bridgehead atoms. The molecule has 3 heteroatoms. The quantitative estimate of drug-likeness (QED) is 0.802. The molecule has 0 radical (unpaired) electrons. The molecule has 0 N–H and O–H groups in total. The van der Waals surface area contributed by atoms with Gasteiger partial charge in [0.05, 0.1) is 11.6 Å². The molecule has 1 aliphatic heterocycles. The Bertz CT molecular complexity index is 527. The van der Waals surface area contributed by atoms with E-state index in [9.17, 15) is 0 Å². The molecular weight excluding hydrogens is 294 g/mol. The summed E-state index contributed by atoms with van der Waals surface area (Å²) in [5.74, 6) is 1.04. The first kappa shape index (κ1) is 11.2. The van der Waals surface area contributed by atoms with Crippen LogP contribution in [0.4, 0.5) is 5.69 Å². The smallest absolute Gasteiger partial charge is 0.0690 e. The second-order valence-corrected chi connectivity index (χ2v) is 5.97. The van der Waals surface area contributed by atoms with Crippen LogP contribution < -0.4 is 4.90 Å². The van der Waals surface area contributed by atoms with Gasteiger partial charge in [-0.1, -0.05) is 46.3 Å². The van der Waals surface area contributed by atoms with Crippen molar-refractivity contribution in [2.24, 2.45) is 0 Å².